The first-order valence-corrected chi connectivity index (χ1v) is 9.05. The lowest BCUT2D eigenvalue weighted by Crippen LogP contribution is -2.28. The Labute approximate surface area is 146 Å². The van der Waals surface area contributed by atoms with Crippen LogP contribution < -0.4 is 10.6 Å². The van der Waals surface area contributed by atoms with Gasteiger partial charge in [-0.05, 0) is 36.2 Å². The third-order valence-electron chi connectivity index (χ3n) is 4.01. The number of nitrogens with one attached hydrogen (secondary N) is 2. The molecule has 1 atom stereocenters. The fraction of sp³-hybridized carbons (Fsp3) is 0.263. The van der Waals surface area contributed by atoms with Crippen molar-refractivity contribution in [2.75, 3.05) is 16.4 Å². The monoisotopic (exact) mass is 340 g/mol. The lowest BCUT2D eigenvalue weighted by molar-refractivity contribution is -0.124. The Morgan fingerprint density at radius 2 is 2.08 bits per heavy atom. The number of carbonyl (C=O) groups excluding carboxylic acids is 2. The Balaban J connectivity index is 1.63. The van der Waals surface area contributed by atoms with Gasteiger partial charge in [-0.2, -0.15) is 0 Å². The molecule has 2 N–H and O–H groups in total. The van der Waals surface area contributed by atoms with Gasteiger partial charge in [-0.15, -0.1) is 11.8 Å². The van der Waals surface area contributed by atoms with Gasteiger partial charge < -0.3 is 10.6 Å². The maximum atomic E-state index is 12.4. The summed E-state index contributed by atoms with van der Waals surface area (Å²) in [5, 5.41) is 5.82. The van der Waals surface area contributed by atoms with Crippen molar-refractivity contribution in [1.29, 1.82) is 0 Å². The fourth-order valence-electron chi connectivity index (χ4n) is 2.65. The molecule has 4 nitrogen and oxygen atoms in total. The van der Waals surface area contributed by atoms with E-state index in [4.69, 9.17) is 0 Å². The van der Waals surface area contributed by atoms with Crippen molar-refractivity contribution >= 4 is 35.0 Å². The number of benzene rings is 2. The van der Waals surface area contributed by atoms with Crippen LogP contribution in [0.15, 0.2) is 53.4 Å². The average Bonchev–Trinajstić information content (AvgIpc) is 2.74. The van der Waals surface area contributed by atoms with Crippen molar-refractivity contribution in [3.05, 3.63) is 54.1 Å². The third kappa shape index (κ3) is 3.97. The topological polar surface area (TPSA) is 58.2 Å². The van der Waals surface area contributed by atoms with Crippen molar-refractivity contribution in [3.63, 3.8) is 0 Å². The van der Waals surface area contributed by atoms with E-state index in [9.17, 15) is 9.59 Å². The van der Waals surface area contributed by atoms with Gasteiger partial charge in [0.1, 0.15) is 0 Å². The van der Waals surface area contributed by atoms with Crippen LogP contribution in [0, 0.1) is 5.92 Å². The van der Waals surface area contributed by atoms with Gasteiger partial charge in [-0.3, -0.25) is 9.59 Å². The second-order valence-electron chi connectivity index (χ2n) is 5.80. The average molecular weight is 340 g/mol. The number of para-hydroxylation sites is 1. The van der Waals surface area contributed by atoms with E-state index < -0.39 is 0 Å². The highest BCUT2D eigenvalue weighted by Gasteiger charge is 2.26. The second kappa shape index (κ2) is 7.53. The molecule has 0 fully saturated rings. The highest BCUT2D eigenvalue weighted by molar-refractivity contribution is 7.99. The van der Waals surface area contributed by atoms with Gasteiger partial charge in [0.2, 0.25) is 11.8 Å². The number of fused-ring (bicyclic) bond motifs is 1. The van der Waals surface area contributed by atoms with Crippen LogP contribution in [-0.4, -0.2) is 17.6 Å². The number of hydrogen-bond donors (Lipinski definition) is 2. The van der Waals surface area contributed by atoms with Crippen molar-refractivity contribution in [2.45, 2.75) is 24.7 Å². The van der Waals surface area contributed by atoms with E-state index in [2.05, 4.69) is 17.6 Å². The molecule has 0 unspecified atom stereocenters. The molecule has 0 aromatic heterocycles. The van der Waals surface area contributed by atoms with Gasteiger partial charge in [-0.25, -0.2) is 0 Å². The summed E-state index contributed by atoms with van der Waals surface area (Å²) in [6.07, 6.45) is 1.10. The summed E-state index contributed by atoms with van der Waals surface area (Å²) < 4.78 is 0. The molecule has 2 aromatic rings. The minimum absolute atomic E-state index is 0.0927. The van der Waals surface area contributed by atoms with Crippen LogP contribution in [-0.2, 0) is 16.0 Å². The minimum Gasteiger partial charge on any atom is -0.326 e. The molecule has 0 saturated carbocycles. The molecular weight excluding hydrogens is 320 g/mol. The Morgan fingerprint density at radius 1 is 1.25 bits per heavy atom. The molecule has 2 aromatic carbocycles. The van der Waals surface area contributed by atoms with Gasteiger partial charge in [0.25, 0.3) is 0 Å². The van der Waals surface area contributed by atoms with Crippen LogP contribution in [0.2, 0.25) is 0 Å². The number of amides is 2. The summed E-state index contributed by atoms with van der Waals surface area (Å²) in [6, 6.07) is 15.5. The third-order valence-corrected chi connectivity index (χ3v) is 5.24. The fourth-order valence-corrected chi connectivity index (χ4v) is 3.75. The number of carbonyl (C=O) groups is 2. The molecule has 0 saturated heterocycles. The minimum atomic E-state index is -0.336. The van der Waals surface area contributed by atoms with Gasteiger partial charge in [0.05, 0.1) is 11.6 Å². The van der Waals surface area contributed by atoms with Gasteiger partial charge in [0.15, 0.2) is 0 Å². The summed E-state index contributed by atoms with van der Waals surface area (Å²) in [7, 11) is 0. The summed E-state index contributed by atoms with van der Waals surface area (Å²) in [6.45, 7) is 2.08. The van der Waals surface area contributed by atoms with E-state index >= 15 is 0 Å². The Kier molecular flexibility index (Phi) is 5.20. The smallest absolute Gasteiger partial charge is 0.228 e. The normalized spacial score (nSPS) is 16.7. The molecule has 0 aliphatic carbocycles. The molecule has 1 aliphatic heterocycles. The Bertz CT molecular complexity index is 761. The van der Waals surface area contributed by atoms with E-state index in [0.29, 0.717) is 5.75 Å². The van der Waals surface area contributed by atoms with E-state index in [1.165, 1.54) is 5.56 Å². The standard InChI is InChI=1S/C19H20N2O2S/c1-2-13-6-5-7-15(10-13)20-18(22)11-14-12-24-17-9-4-3-8-16(17)21-19(14)23/h3-10,14H,2,11-12H2,1H3,(H,20,22)(H,21,23)/t14-/m1/s1. The van der Waals surface area contributed by atoms with Crippen LogP contribution in [0.1, 0.15) is 18.9 Å². The molecule has 1 aliphatic rings. The summed E-state index contributed by atoms with van der Waals surface area (Å²) in [5.41, 5.74) is 2.78. The lowest BCUT2D eigenvalue weighted by Gasteiger charge is -2.13. The van der Waals surface area contributed by atoms with Crippen molar-refractivity contribution < 1.29 is 9.59 Å². The van der Waals surface area contributed by atoms with E-state index in [-0.39, 0.29) is 24.2 Å². The molecule has 3 rings (SSSR count). The zero-order valence-electron chi connectivity index (χ0n) is 13.5. The molecule has 0 bridgehead atoms. The second-order valence-corrected chi connectivity index (χ2v) is 6.86. The van der Waals surface area contributed by atoms with E-state index in [1.807, 2.05) is 48.5 Å². The quantitative estimate of drug-likeness (QED) is 0.886. The SMILES string of the molecule is CCc1cccc(NC(=O)C[C@@H]2CSc3ccccc3NC2=O)c1. The Morgan fingerprint density at radius 3 is 2.92 bits per heavy atom. The number of rotatable bonds is 4. The van der Waals surface area contributed by atoms with Crippen molar-refractivity contribution in [2.24, 2.45) is 5.92 Å². The van der Waals surface area contributed by atoms with Crippen LogP contribution in [0.25, 0.3) is 0 Å². The van der Waals surface area contributed by atoms with E-state index in [1.54, 1.807) is 11.8 Å². The summed E-state index contributed by atoms with van der Waals surface area (Å²) in [4.78, 5) is 25.7. The Hall–Kier alpha value is -2.27. The van der Waals surface area contributed by atoms with Crippen LogP contribution in [0.4, 0.5) is 11.4 Å². The van der Waals surface area contributed by atoms with E-state index in [0.717, 1.165) is 22.7 Å². The van der Waals surface area contributed by atoms with Crippen molar-refractivity contribution in [3.8, 4) is 0 Å². The van der Waals surface area contributed by atoms with Gasteiger partial charge in [0, 0.05) is 22.8 Å². The molecule has 124 valence electrons. The maximum absolute atomic E-state index is 12.4. The first-order chi connectivity index (χ1) is 11.7. The first kappa shape index (κ1) is 16.6. The predicted molar refractivity (Wildman–Crippen MR) is 98.4 cm³/mol. The summed E-state index contributed by atoms with van der Waals surface area (Å²) >= 11 is 1.61. The number of hydrogen-bond acceptors (Lipinski definition) is 3. The largest absolute Gasteiger partial charge is 0.326 e. The number of aryl methyl sites for hydroxylation is 1. The first-order valence-electron chi connectivity index (χ1n) is 8.07. The summed E-state index contributed by atoms with van der Waals surface area (Å²) in [5.74, 6) is 0.0438. The van der Waals surface area contributed by atoms with Crippen LogP contribution in [0.5, 0.6) is 0 Å². The zero-order valence-corrected chi connectivity index (χ0v) is 14.4. The zero-order chi connectivity index (χ0) is 16.9. The molecular formula is C19H20N2O2S. The van der Waals surface area contributed by atoms with Crippen LogP contribution >= 0.6 is 11.8 Å². The maximum Gasteiger partial charge on any atom is 0.228 e. The molecule has 1 heterocycles. The number of anilines is 2. The van der Waals surface area contributed by atoms with Gasteiger partial charge in [-0.1, -0.05) is 31.2 Å². The number of thioether (sulfide) groups is 1. The molecule has 24 heavy (non-hydrogen) atoms. The predicted octanol–water partition coefficient (Wildman–Crippen LogP) is 3.94. The molecule has 0 radical (unpaired) electrons. The van der Waals surface area contributed by atoms with Gasteiger partial charge >= 0.3 is 0 Å². The van der Waals surface area contributed by atoms with Crippen molar-refractivity contribution in [1.82, 2.24) is 0 Å². The highest BCUT2D eigenvalue weighted by atomic mass is 32.2. The highest BCUT2D eigenvalue weighted by Crippen LogP contribution is 2.33. The molecule has 5 heteroatoms. The molecule has 2 amide bonds. The lowest BCUT2D eigenvalue weighted by atomic mass is 10.1. The van der Waals surface area contributed by atoms with Crippen LogP contribution in [0.3, 0.4) is 0 Å². The molecule has 0 spiro atoms.